The highest BCUT2D eigenvalue weighted by molar-refractivity contribution is 6.33. The normalized spacial score (nSPS) is 18.0. The predicted octanol–water partition coefficient (Wildman–Crippen LogP) is 2.74. The number of nitrogens with zero attached hydrogens (tertiary/aromatic N) is 4. The Morgan fingerprint density at radius 1 is 1.34 bits per heavy atom. The number of halogens is 1. The van der Waals surface area contributed by atoms with E-state index in [1.54, 1.807) is 18.9 Å². The van der Waals surface area contributed by atoms with Crippen molar-refractivity contribution in [2.45, 2.75) is 26.0 Å². The SMILES string of the molecule is CCO[C@H]1CN(C(=O)OC)CC1Nc1c(C)nc(-c2ccc(N(C)C)cc2Cl)n(C)c1=O. The number of ether oxygens (including phenoxy) is 2. The number of hydrogen-bond donors (Lipinski definition) is 1. The Hall–Kier alpha value is -2.78. The van der Waals surface area contributed by atoms with Gasteiger partial charge in [-0.3, -0.25) is 9.36 Å². The first-order valence-corrected chi connectivity index (χ1v) is 10.8. The standard InChI is InChI=1S/C22H30ClN5O4/c1-7-32-18-12-28(22(30)31-6)11-17(18)25-19-13(2)24-20(27(5)21(19)29)15-9-8-14(26(3)4)10-16(15)23/h8-10,17-18,25H,7,11-12H2,1-6H3/t17?,18-/m0/s1. The van der Waals surface area contributed by atoms with E-state index >= 15 is 0 Å². The number of amides is 1. The number of likely N-dealkylation sites (tertiary alicyclic amines) is 1. The van der Waals surface area contributed by atoms with Gasteiger partial charge >= 0.3 is 6.09 Å². The van der Waals surface area contributed by atoms with Crippen molar-refractivity contribution in [1.29, 1.82) is 0 Å². The van der Waals surface area contributed by atoms with Crippen LogP contribution in [0, 0.1) is 6.92 Å². The zero-order valence-electron chi connectivity index (χ0n) is 19.3. The average Bonchev–Trinajstić information content (AvgIpc) is 3.16. The molecule has 1 N–H and O–H groups in total. The summed E-state index contributed by atoms with van der Waals surface area (Å²) in [5, 5.41) is 3.78. The molecule has 0 spiro atoms. The molecule has 0 radical (unpaired) electrons. The highest BCUT2D eigenvalue weighted by Gasteiger charge is 2.37. The van der Waals surface area contributed by atoms with Crippen molar-refractivity contribution in [2.75, 3.05) is 51.1 Å². The van der Waals surface area contributed by atoms with Gasteiger partial charge in [-0.05, 0) is 32.0 Å². The highest BCUT2D eigenvalue weighted by atomic mass is 35.5. The highest BCUT2D eigenvalue weighted by Crippen LogP contribution is 2.30. The van der Waals surface area contributed by atoms with E-state index in [0.29, 0.717) is 47.5 Å². The van der Waals surface area contributed by atoms with Crippen molar-refractivity contribution < 1.29 is 14.3 Å². The Kier molecular flexibility index (Phi) is 7.30. The van der Waals surface area contributed by atoms with Crippen molar-refractivity contribution in [3.8, 4) is 11.4 Å². The summed E-state index contributed by atoms with van der Waals surface area (Å²) in [6.07, 6.45) is -0.691. The molecule has 0 aliphatic carbocycles. The minimum atomic E-state index is -0.423. The number of hydrogen-bond acceptors (Lipinski definition) is 7. The van der Waals surface area contributed by atoms with Crippen molar-refractivity contribution in [2.24, 2.45) is 7.05 Å². The van der Waals surface area contributed by atoms with Crippen LogP contribution in [0.5, 0.6) is 0 Å². The molecule has 9 nitrogen and oxygen atoms in total. The maximum absolute atomic E-state index is 13.3. The summed E-state index contributed by atoms with van der Waals surface area (Å²) in [7, 11) is 6.88. The minimum Gasteiger partial charge on any atom is -0.453 e. The maximum Gasteiger partial charge on any atom is 0.409 e. The number of rotatable bonds is 6. The number of carbonyl (C=O) groups is 1. The maximum atomic E-state index is 13.3. The summed E-state index contributed by atoms with van der Waals surface area (Å²) >= 11 is 6.51. The molecule has 1 aliphatic rings. The van der Waals surface area contributed by atoms with Crippen LogP contribution in [-0.4, -0.2) is 73.6 Å². The lowest BCUT2D eigenvalue weighted by atomic mass is 10.1. The van der Waals surface area contributed by atoms with Gasteiger partial charge in [-0.1, -0.05) is 11.6 Å². The van der Waals surface area contributed by atoms with Crippen LogP contribution >= 0.6 is 11.6 Å². The summed E-state index contributed by atoms with van der Waals surface area (Å²) in [5.74, 6) is 0.484. The van der Waals surface area contributed by atoms with Crippen LogP contribution in [0.25, 0.3) is 11.4 Å². The van der Waals surface area contributed by atoms with E-state index in [4.69, 9.17) is 21.1 Å². The minimum absolute atomic E-state index is 0.230. The van der Waals surface area contributed by atoms with Crippen LogP contribution in [0.4, 0.5) is 16.2 Å². The monoisotopic (exact) mass is 463 g/mol. The Bertz CT molecular complexity index is 1060. The second-order valence-electron chi connectivity index (χ2n) is 7.94. The Labute approximate surface area is 192 Å². The van der Waals surface area contributed by atoms with E-state index in [9.17, 15) is 9.59 Å². The molecule has 1 aliphatic heterocycles. The van der Waals surface area contributed by atoms with Crippen molar-refractivity contribution >= 4 is 29.1 Å². The van der Waals surface area contributed by atoms with Gasteiger partial charge in [0.15, 0.2) is 0 Å². The molecule has 10 heteroatoms. The first kappa shape index (κ1) is 23.9. The van der Waals surface area contributed by atoms with E-state index in [1.165, 1.54) is 11.7 Å². The van der Waals surface area contributed by atoms with Crippen LogP contribution < -0.4 is 15.8 Å². The fraction of sp³-hybridized carbons (Fsp3) is 0.500. The van der Waals surface area contributed by atoms with E-state index in [-0.39, 0.29) is 17.7 Å². The fourth-order valence-electron chi connectivity index (χ4n) is 3.84. The molecular formula is C22H30ClN5O4. The first-order valence-electron chi connectivity index (χ1n) is 10.4. The molecule has 1 fully saturated rings. The van der Waals surface area contributed by atoms with E-state index in [2.05, 4.69) is 10.3 Å². The number of anilines is 2. The lowest BCUT2D eigenvalue weighted by Crippen LogP contribution is -2.38. The summed E-state index contributed by atoms with van der Waals surface area (Å²) in [4.78, 5) is 33.4. The molecule has 2 aromatic rings. The van der Waals surface area contributed by atoms with Gasteiger partial charge in [0.05, 0.1) is 36.5 Å². The summed E-state index contributed by atoms with van der Waals surface area (Å²) < 4.78 is 12.1. The second kappa shape index (κ2) is 9.79. The number of aryl methyl sites for hydroxylation is 1. The van der Waals surface area contributed by atoms with E-state index in [1.807, 2.05) is 44.1 Å². The third kappa shape index (κ3) is 4.68. The summed E-state index contributed by atoms with van der Waals surface area (Å²) in [5.41, 5.74) is 2.32. The zero-order valence-corrected chi connectivity index (χ0v) is 20.1. The topological polar surface area (TPSA) is 88.9 Å². The third-order valence-electron chi connectivity index (χ3n) is 5.59. The predicted molar refractivity (Wildman–Crippen MR) is 126 cm³/mol. The zero-order chi connectivity index (χ0) is 23.6. The Balaban J connectivity index is 1.94. The van der Waals surface area contributed by atoms with Gasteiger partial charge in [0.25, 0.3) is 5.56 Å². The van der Waals surface area contributed by atoms with Gasteiger partial charge in [-0.25, -0.2) is 9.78 Å². The molecule has 1 aromatic carbocycles. The van der Waals surface area contributed by atoms with Gasteiger partial charge in [0.2, 0.25) is 0 Å². The van der Waals surface area contributed by atoms with Gasteiger partial charge < -0.3 is 24.6 Å². The molecule has 1 unspecified atom stereocenters. The van der Waals surface area contributed by atoms with Crippen molar-refractivity contribution in [1.82, 2.24) is 14.5 Å². The molecule has 2 heterocycles. The number of aromatic nitrogens is 2. The van der Waals surface area contributed by atoms with E-state index in [0.717, 1.165) is 5.69 Å². The number of nitrogens with one attached hydrogen (secondary N) is 1. The first-order chi connectivity index (χ1) is 15.2. The van der Waals surface area contributed by atoms with Crippen LogP contribution in [-0.2, 0) is 16.5 Å². The Morgan fingerprint density at radius 3 is 2.66 bits per heavy atom. The smallest absolute Gasteiger partial charge is 0.409 e. The molecule has 0 bridgehead atoms. The van der Waals surface area contributed by atoms with Crippen LogP contribution in [0.3, 0.4) is 0 Å². The fourth-order valence-corrected chi connectivity index (χ4v) is 4.10. The Morgan fingerprint density at radius 2 is 2.06 bits per heavy atom. The lowest BCUT2D eigenvalue weighted by molar-refractivity contribution is 0.0614. The number of methoxy groups -OCH3 is 1. The summed E-state index contributed by atoms with van der Waals surface area (Å²) in [6.45, 7) is 4.91. The van der Waals surface area contributed by atoms with Crippen LogP contribution in [0.1, 0.15) is 12.6 Å². The van der Waals surface area contributed by atoms with Crippen molar-refractivity contribution in [3.63, 3.8) is 0 Å². The van der Waals surface area contributed by atoms with Crippen LogP contribution in [0.2, 0.25) is 5.02 Å². The lowest BCUT2D eigenvalue weighted by Gasteiger charge is -2.22. The van der Waals surface area contributed by atoms with Gasteiger partial charge in [-0.15, -0.1) is 0 Å². The number of benzene rings is 1. The molecule has 0 saturated carbocycles. The molecule has 1 aromatic heterocycles. The molecule has 1 saturated heterocycles. The summed E-state index contributed by atoms with van der Waals surface area (Å²) in [6, 6.07) is 5.37. The number of carbonyl (C=O) groups excluding carboxylic acids is 1. The molecule has 3 rings (SSSR count). The quantitative estimate of drug-likeness (QED) is 0.704. The third-order valence-corrected chi connectivity index (χ3v) is 5.90. The van der Waals surface area contributed by atoms with Gasteiger partial charge in [0, 0.05) is 45.5 Å². The molecule has 174 valence electrons. The molecule has 1 amide bonds. The van der Waals surface area contributed by atoms with E-state index < -0.39 is 6.09 Å². The van der Waals surface area contributed by atoms with Gasteiger partial charge in [0.1, 0.15) is 11.5 Å². The second-order valence-corrected chi connectivity index (χ2v) is 8.35. The molecule has 32 heavy (non-hydrogen) atoms. The van der Waals surface area contributed by atoms with Crippen LogP contribution in [0.15, 0.2) is 23.0 Å². The van der Waals surface area contributed by atoms with Crippen molar-refractivity contribution in [3.05, 3.63) is 39.3 Å². The van der Waals surface area contributed by atoms with Gasteiger partial charge in [-0.2, -0.15) is 0 Å². The average molecular weight is 464 g/mol. The molecular weight excluding hydrogens is 434 g/mol. The largest absolute Gasteiger partial charge is 0.453 e. The molecule has 2 atom stereocenters.